The van der Waals surface area contributed by atoms with Crippen LogP contribution in [0.5, 0.6) is 0 Å². The summed E-state index contributed by atoms with van der Waals surface area (Å²) in [5.41, 5.74) is 0.611. The minimum absolute atomic E-state index is 0.0926. The molecule has 1 aromatic rings. The second-order valence-corrected chi connectivity index (χ2v) is 6.95. The molecule has 0 aliphatic rings. The fraction of sp³-hybridized carbons (Fsp3) is 0.500. The molecule has 0 unspecified atom stereocenters. The van der Waals surface area contributed by atoms with Gasteiger partial charge in [0.25, 0.3) is 0 Å². The monoisotopic (exact) mass is 349 g/mol. The molecule has 1 aromatic carbocycles. The maximum atomic E-state index is 11.9. The number of amides is 3. The number of nitrogens with one attached hydrogen (secondary N) is 3. The Morgan fingerprint density at radius 1 is 1.08 bits per heavy atom. The van der Waals surface area contributed by atoms with Crippen molar-refractivity contribution in [1.29, 1.82) is 0 Å². The molecule has 25 heavy (non-hydrogen) atoms. The van der Waals surface area contributed by atoms with E-state index in [1.807, 2.05) is 0 Å². The highest BCUT2D eigenvalue weighted by molar-refractivity contribution is 5.94. The van der Waals surface area contributed by atoms with Gasteiger partial charge in [-0.15, -0.1) is 0 Å². The normalized spacial score (nSPS) is 11.0. The van der Waals surface area contributed by atoms with E-state index in [1.54, 1.807) is 58.9 Å². The summed E-state index contributed by atoms with van der Waals surface area (Å²) in [6.07, 6.45) is -0.444. The first-order valence-electron chi connectivity index (χ1n) is 8.24. The highest BCUT2D eigenvalue weighted by atomic mass is 16.6. The van der Waals surface area contributed by atoms with E-state index in [4.69, 9.17) is 4.74 Å². The number of anilines is 2. The number of hydrogen-bond donors (Lipinski definition) is 3. The zero-order valence-corrected chi connectivity index (χ0v) is 15.4. The van der Waals surface area contributed by atoms with Crippen LogP contribution in [0.3, 0.4) is 0 Å². The fourth-order valence-corrected chi connectivity index (χ4v) is 1.78. The van der Waals surface area contributed by atoms with Crippen LogP contribution in [-0.4, -0.2) is 30.1 Å². The van der Waals surface area contributed by atoms with Gasteiger partial charge in [0.15, 0.2) is 0 Å². The summed E-state index contributed by atoms with van der Waals surface area (Å²) >= 11 is 0. The standard InChI is InChI=1S/C18H27N3O4/c1-12(2)16(23)21-14-8-6-7-13(11-14)20-15(22)9-10-19-17(24)25-18(3,4)5/h6-8,11-12H,9-10H2,1-5H3,(H,19,24)(H,20,22)(H,21,23). The lowest BCUT2D eigenvalue weighted by atomic mass is 10.2. The number of benzene rings is 1. The van der Waals surface area contributed by atoms with Crippen LogP contribution in [0.25, 0.3) is 0 Å². The number of carbonyl (C=O) groups excluding carboxylic acids is 3. The second-order valence-electron chi connectivity index (χ2n) is 6.95. The summed E-state index contributed by atoms with van der Waals surface area (Å²) < 4.78 is 5.09. The van der Waals surface area contributed by atoms with E-state index < -0.39 is 11.7 Å². The lowest BCUT2D eigenvalue weighted by Crippen LogP contribution is -2.34. The van der Waals surface area contributed by atoms with E-state index in [1.165, 1.54) is 0 Å². The predicted molar refractivity (Wildman–Crippen MR) is 97.4 cm³/mol. The molecular weight excluding hydrogens is 322 g/mol. The number of alkyl carbamates (subject to hydrolysis) is 1. The lowest BCUT2D eigenvalue weighted by Gasteiger charge is -2.19. The highest BCUT2D eigenvalue weighted by Crippen LogP contribution is 2.16. The third-order valence-corrected chi connectivity index (χ3v) is 2.96. The van der Waals surface area contributed by atoms with Crippen molar-refractivity contribution in [3.05, 3.63) is 24.3 Å². The van der Waals surface area contributed by atoms with Crippen LogP contribution in [0.2, 0.25) is 0 Å². The highest BCUT2D eigenvalue weighted by Gasteiger charge is 2.16. The number of hydrogen-bond acceptors (Lipinski definition) is 4. The van der Waals surface area contributed by atoms with E-state index in [0.29, 0.717) is 11.4 Å². The Labute approximate surface area is 148 Å². The van der Waals surface area contributed by atoms with Gasteiger partial charge in [0.1, 0.15) is 5.60 Å². The summed E-state index contributed by atoms with van der Waals surface area (Å²) in [6, 6.07) is 6.90. The average Bonchev–Trinajstić information content (AvgIpc) is 2.45. The molecule has 1 rings (SSSR count). The van der Waals surface area contributed by atoms with Crippen LogP contribution in [0, 0.1) is 5.92 Å². The summed E-state index contributed by atoms with van der Waals surface area (Å²) in [6.45, 7) is 9.08. The molecule has 3 N–H and O–H groups in total. The Bertz CT molecular complexity index is 621. The van der Waals surface area contributed by atoms with Crippen LogP contribution in [0.1, 0.15) is 41.0 Å². The largest absolute Gasteiger partial charge is 0.444 e. The molecule has 7 nitrogen and oxygen atoms in total. The maximum absolute atomic E-state index is 11.9. The first kappa shape index (κ1) is 20.5. The first-order chi connectivity index (χ1) is 11.6. The van der Waals surface area contributed by atoms with Crippen molar-refractivity contribution < 1.29 is 19.1 Å². The van der Waals surface area contributed by atoms with E-state index in [9.17, 15) is 14.4 Å². The Morgan fingerprint density at radius 2 is 1.68 bits per heavy atom. The molecule has 0 atom stereocenters. The number of carbonyl (C=O) groups is 3. The number of ether oxygens (including phenoxy) is 1. The zero-order chi connectivity index (χ0) is 19.0. The van der Waals surface area contributed by atoms with Crippen molar-refractivity contribution in [3.8, 4) is 0 Å². The van der Waals surface area contributed by atoms with Gasteiger partial charge in [0, 0.05) is 30.3 Å². The summed E-state index contributed by atoms with van der Waals surface area (Å²) in [5, 5.41) is 8.02. The third-order valence-electron chi connectivity index (χ3n) is 2.96. The van der Waals surface area contributed by atoms with Gasteiger partial charge in [-0.25, -0.2) is 4.79 Å². The van der Waals surface area contributed by atoms with E-state index in [0.717, 1.165) is 0 Å². The smallest absolute Gasteiger partial charge is 0.407 e. The van der Waals surface area contributed by atoms with Crippen LogP contribution in [-0.2, 0) is 14.3 Å². The molecule has 0 aromatic heterocycles. The SMILES string of the molecule is CC(C)C(=O)Nc1cccc(NC(=O)CCNC(=O)OC(C)(C)C)c1. The molecule has 0 aliphatic carbocycles. The van der Waals surface area contributed by atoms with Crippen LogP contribution in [0.4, 0.5) is 16.2 Å². The van der Waals surface area contributed by atoms with Crippen molar-refractivity contribution in [1.82, 2.24) is 5.32 Å². The van der Waals surface area contributed by atoms with E-state index in [2.05, 4.69) is 16.0 Å². The molecule has 0 saturated carbocycles. The average molecular weight is 349 g/mol. The minimum atomic E-state index is -0.576. The van der Waals surface area contributed by atoms with Gasteiger partial charge in [-0.05, 0) is 39.0 Å². The molecule has 0 saturated heterocycles. The maximum Gasteiger partial charge on any atom is 0.407 e. The van der Waals surface area contributed by atoms with Gasteiger partial charge in [-0.3, -0.25) is 9.59 Å². The fourth-order valence-electron chi connectivity index (χ4n) is 1.78. The van der Waals surface area contributed by atoms with Gasteiger partial charge in [0.05, 0.1) is 0 Å². The second kappa shape index (κ2) is 9.05. The number of rotatable bonds is 6. The third kappa shape index (κ3) is 8.74. The molecule has 0 aliphatic heterocycles. The van der Waals surface area contributed by atoms with Crippen molar-refractivity contribution in [2.45, 2.75) is 46.6 Å². The Hall–Kier alpha value is -2.57. The molecule has 3 amide bonds. The van der Waals surface area contributed by atoms with E-state index >= 15 is 0 Å². The van der Waals surface area contributed by atoms with Gasteiger partial charge in [-0.2, -0.15) is 0 Å². The van der Waals surface area contributed by atoms with Crippen molar-refractivity contribution >= 4 is 29.3 Å². The Kier molecular flexibility index (Phi) is 7.42. The summed E-state index contributed by atoms with van der Waals surface area (Å²) in [7, 11) is 0. The summed E-state index contributed by atoms with van der Waals surface area (Å²) in [4.78, 5) is 35.1. The van der Waals surface area contributed by atoms with Gasteiger partial charge in [0.2, 0.25) is 11.8 Å². The van der Waals surface area contributed by atoms with Crippen molar-refractivity contribution in [2.75, 3.05) is 17.2 Å². The minimum Gasteiger partial charge on any atom is -0.444 e. The van der Waals surface area contributed by atoms with Crippen LogP contribution < -0.4 is 16.0 Å². The first-order valence-corrected chi connectivity index (χ1v) is 8.24. The summed E-state index contributed by atoms with van der Waals surface area (Å²) in [5.74, 6) is -0.467. The molecule has 0 radical (unpaired) electrons. The van der Waals surface area contributed by atoms with Gasteiger partial charge >= 0.3 is 6.09 Å². The zero-order valence-electron chi connectivity index (χ0n) is 15.4. The van der Waals surface area contributed by atoms with Crippen LogP contribution >= 0.6 is 0 Å². The Balaban J connectivity index is 2.44. The van der Waals surface area contributed by atoms with E-state index in [-0.39, 0.29) is 30.7 Å². The van der Waals surface area contributed by atoms with Crippen molar-refractivity contribution in [2.24, 2.45) is 5.92 Å². The molecule has 0 bridgehead atoms. The molecule has 0 spiro atoms. The van der Waals surface area contributed by atoms with Gasteiger partial charge in [-0.1, -0.05) is 19.9 Å². The van der Waals surface area contributed by atoms with Crippen molar-refractivity contribution in [3.63, 3.8) is 0 Å². The predicted octanol–water partition coefficient (Wildman–Crippen LogP) is 3.13. The molecule has 7 heteroatoms. The van der Waals surface area contributed by atoms with Crippen LogP contribution in [0.15, 0.2) is 24.3 Å². The van der Waals surface area contributed by atoms with Gasteiger partial charge < -0.3 is 20.7 Å². The Morgan fingerprint density at radius 3 is 2.24 bits per heavy atom. The molecule has 0 heterocycles. The lowest BCUT2D eigenvalue weighted by molar-refractivity contribution is -0.119. The molecular formula is C18H27N3O4. The topological polar surface area (TPSA) is 96.5 Å². The quantitative estimate of drug-likeness (QED) is 0.735. The molecule has 0 fully saturated rings. The molecule has 138 valence electrons.